The van der Waals surface area contributed by atoms with Crippen molar-refractivity contribution in [2.24, 2.45) is 5.92 Å². The lowest BCUT2D eigenvalue weighted by atomic mass is 9.97. The molecule has 0 rings (SSSR count). The molecule has 0 fully saturated rings. The monoisotopic (exact) mass is 248 g/mol. The fourth-order valence-corrected chi connectivity index (χ4v) is 1.36. The van der Waals surface area contributed by atoms with Gasteiger partial charge in [-0.2, -0.15) is 0 Å². The van der Waals surface area contributed by atoms with Crippen LogP contribution in [0.1, 0.15) is 19.8 Å². The summed E-state index contributed by atoms with van der Waals surface area (Å²) in [5.74, 6) is -4.23. The minimum atomic E-state index is -1.22. The van der Waals surface area contributed by atoms with Gasteiger partial charge in [-0.15, -0.1) is 0 Å². The topological polar surface area (TPSA) is 110 Å². The zero-order valence-corrected chi connectivity index (χ0v) is 9.71. The normalized spacial score (nSPS) is 13.8. The summed E-state index contributed by atoms with van der Waals surface area (Å²) in [6.07, 6.45) is -1.55. The van der Waals surface area contributed by atoms with E-state index in [1.807, 2.05) is 0 Å². The van der Waals surface area contributed by atoms with Crippen molar-refractivity contribution in [3.05, 3.63) is 0 Å². The number of carbonyl (C=O) groups excluding carboxylic acids is 1. The molecule has 0 spiro atoms. The maximum atomic E-state index is 11.1. The van der Waals surface area contributed by atoms with E-state index in [-0.39, 0.29) is 13.0 Å². The number of hydrogen-bond acceptors (Lipinski definition) is 5. The minimum absolute atomic E-state index is 0.174. The molecule has 0 aromatic rings. The first-order chi connectivity index (χ1) is 7.92. The van der Waals surface area contributed by atoms with Gasteiger partial charge in [0, 0.05) is 7.11 Å². The zero-order chi connectivity index (χ0) is 13.4. The van der Waals surface area contributed by atoms with E-state index in [2.05, 4.69) is 4.74 Å². The van der Waals surface area contributed by atoms with E-state index in [9.17, 15) is 14.4 Å². The van der Waals surface area contributed by atoms with Gasteiger partial charge in [-0.1, -0.05) is 6.92 Å². The van der Waals surface area contributed by atoms with Crippen LogP contribution < -0.4 is 0 Å². The highest BCUT2D eigenvalue weighted by Gasteiger charge is 2.31. The number of aliphatic carboxylic acids is 2. The smallest absolute Gasteiger partial charge is 0.332 e. The molecular weight excluding hydrogens is 232 g/mol. The molecule has 17 heavy (non-hydrogen) atoms. The molecular formula is C10H16O7. The molecule has 2 N–H and O–H groups in total. The van der Waals surface area contributed by atoms with Gasteiger partial charge in [0.15, 0.2) is 0 Å². The van der Waals surface area contributed by atoms with Crippen LogP contribution in [0.3, 0.4) is 0 Å². The third-order valence-corrected chi connectivity index (χ3v) is 2.13. The SMILES string of the molecule is CCC(C(=O)O)[C@@H](CC(=O)O)OC(=O)COC. The molecule has 7 heteroatoms. The molecule has 0 aromatic heterocycles. The maximum absolute atomic E-state index is 11.1. The van der Waals surface area contributed by atoms with Crippen molar-refractivity contribution in [1.82, 2.24) is 0 Å². The Kier molecular flexibility index (Phi) is 6.88. The summed E-state index contributed by atoms with van der Waals surface area (Å²) in [4.78, 5) is 32.6. The van der Waals surface area contributed by atoms with Crippen molar-refractivity contribution >= 4 is 17.9 Å². The molecule has 7 nitrogen and oxygen atoms in total. The van der Waals surface area contributed by atoms with Crippen molar-refractivity contribution in [3.63, 3.8) is 0 Å². The molecule has 0 saturated carbocycles. The lowest BCUT2D eigenvalue weighted by Gasteiger charge is -2.21. The first-order valence-corrected chi connectivity index (χ1v) is 5.05. The summed E-state index contributed by atoms with van der Waals surface area (Å²) in [6.45, 7) is 1.24. The summed E-state index contributed by atoms with van der Waals surface area (Å²) in [7, 11) is 1.28. The van der Waals surface area contributed by atoms with Crippen LogP contribution in [0.2, 0.25) is 0 Å². The molecule has 0 aliphatic rings. The van der Waals surface area contributed by atoms with Crippen LogP contribution >= 0.6 is 0 Å². The van der Waals surface area contributed by atoms with Crippen LogP contribution in [0.25, 0.3) is 0 Å². The Morgan fingerprint density at radius 2 is 1.82 bits per heavy atom. The van der Waals surface area contributed by atoms with E-state index >= 15 is 0 Å². The number of esters is 1. The number of carboxylic acids is 2. The average molecular weight is 248 g/mol. The second kappa shape index (κ2) is 7.61. The van der Waals surface area contributed by atoms with Crippen LogP contribution in [0.5, 0.6) is 0 Å². The van der Waals surface area contributed by atoms with E-state index in [1.54, 1.807) is 6.92 Å². The Morgan fingerprint density at radius 3 is 2.18 bits per heavy atom. The van der Waals surface area contributed by atoms with Gasteiger partial charge in [0.2, 0.25) is 0 Å². The van der Waals surface area contributed by atoms with Gasteiger partial charge in [-0.3, -0.25) is 9.59 Å². The zero-order valence-electron chi connectivity index (χ0n) is 9.71. The van der Waals surface area contributed by atoms with Crippen molar-refractivity contribution in [2.45, 2.75) is 25.9 Å². The number of carboxylic acid groups (broad SMARTS) is 2. The molecule has 0 aliphatic heterocycles. The second-order valence-electron chi connectivity index (χ2n) is 3.41. The van der Waals surface area contributed by atoms with Gasteiger partial charge in [-0.05, 0) is 6.42 Å². The summed E-state index contributed by atoms with van der Waals surface area (Å²) in [5.41, 5.74) is 0. The first kappa shape index (κ1) is 15.4. The molecule has 0 aliphatic carbocycles. The number of carbonyl (C=O) groups is 3. The van der Waals surface area contributed by atoms with Crippen LogP contribution in [0.15, 0.2) is 0 Å². The summed E-state index contributed by atoms with van der Waals surface area (Å²) in [5, 5.41) is 17.5. The fourth-order valence-electron chi connectivity index (χ4n) is 1.36. The Labute approximate surface area is 98.3 Å². The predicted octanol–water partition coefficient (Wildman–Crippen LogP) is 0.130. The molecule has 0 bridgehead atoms. The van der Waals surface area contributed by atoms with Crippen LogP contribution in [0, 0.1) is 5.92 Å². The van der Waals surface area contributed by atoms with Gasteiger partial charge >= 0.3 is 17.9 Å². The Morgan fingerprint density at radius 1 is 1.24 bits per heavy atom. The number of methoxy groups -OCH3 is 1. The summed E-state index contributed by atoms with van der Waals surface area (Å²) in [6, 6.07) is 0. The van der Waals surface area contributed by atoms with E-state index in [1.165, 1.54) is 7.11 Å². The van der Waals surface area contributed by atoms with Gasteiger partial charge < -0.3 is 19.7 Å². The van der Waals surface area contributed by atoms with Gasteiger partial charge in [0.1, 0.15) is 12.7 Å². The molecule has 1 unspecified atom stereocenters. The molecule has 98 valence electrons. The number of hydrogen-bond donors (Lipinski definition) is 2. The molecule has 2 atom stereocenters. The highest BCUT2D eigenvalue weighted by molar-refractivity contribution is 5.76. The summed E-state index contributed by atoms with van der Waals surface area (Å²) >= 11 is 0. The quantitative estimate of drug-likeness (QED) is 0.587. The van der Waals surface area contributed by atoms with Crippen LogP contribution in [-0.4, -0.2) is 47.9 Å². The lowest BCUT2D eigenvalue weighted by molar-refractivity contribution is -0.164. The van der Waals surface area contributed by atoms with E-state index in [4.69, 9.17) is 14.9 Å². The lowest BCUT2D eigenvalue weighted by Crippen LogP contribution is -2.35. The Bertz CT molecular complexity index is 286. The molecule has 0 radical (unpaired) electrons. The van der Waals surface area contributed by atoms with Gasteiger partial charge in [0.05, 0.1) is 12.3 Å². The van der Waals surface area contributed by atoms with E-state index in [0.717, 1.165) is 0 Å². The average Bonchev–Trinajstić information content (AvgIpc) is 2.16. The van der Waals surface area contributed by atoms with E-state index in [0.29, 0.717) is 0 Å². The van der Waals surface area contributed by atoms with Crippen LogP contribution in [0.4, 0.5) is 0 Å². The predicted molar refractivity (Wildman–Crippen MR) is 55.4 cm³/mol. The Hall–Kier alpha value is -1.63. The van der Waals surface area contributed by atoms with Crippen molar-refractivity contribution in [2.75, 3.05) is 13.7 Å². The molecule has 0 saturated heterocycles. The first-order valence-electron chi connectivity index (χ1n) is 5.05. The highest BCUT2D eigenvalue weighted by Crippen LogP contribution is 2.16. The maximum Gasteiger partial charge on any atom is 0.332 e. The van der Waals surface area contributed by atoms with Gasteiger partial charge in [0.25, 0.3) is 0 Å². The van der Waals surface area contributed by atoms with E-state index < -0.39 is 36.4 Å². The Balaban J connectivity index is 4.67. The van der Waals surface area contributed by atoms with Crippen molar-refractivity contribution in [1.29, 1.82) is 0 Å². The van der Waals surface area contributed by atoms with Crippen molar-refractivity contribution < 1.29 is 34.1 Å². The van der Waals surface area contributed by atoms with Gasteiger partial charge in [-0.25, -0.2) is 4.79 Å². The third kappa shape index (κ3) is 5.86. The standard InChI is InChI=1S/C10H16O7/c1-3-6(10(14)15)7(4-8(11)12)17-9(13)5-16-2/h6-7H,3-5H2,1-2H3,(H,11,12)(H,14,15)/t6?,7-/m1/s1. The minimum Gasteiger partial charge on any atom is -0.481 e. The number of ether oxygens (including phenoxy) is 2. The van der Waals surface area contributed by atoms with Crippen LogP contribution in [-0.2, 0) is 23.9 Å². The fraction of sp³-hybridized carbons (Fsp3) is 0.700. The highest BCUT2D eigenvalue weighted by atomic mass is 16.6. The largest absolute Gasteiger partial charge is 0.481 e. The molecule has 0 amide bonds. The van der Waals surface area contributed by atoms with Crippen molar-refractivity contribution in [3.8, 4) is 0 Å². The number of rotatable bonds is 8. The second-order valence-corrected chi connectivity index (χ2v) is 3.41. The summed E-state index contributed by atoms with van der Waals surface area (Å²) < 4.78 is 9.30. The molecule has 0 heterocycles. The third-order valence-electron chi connectivity index (χ3n) is 2.13. The molecule has 0 aromatic carbocycles.